The highest BCUT2D eigenvalue weighted by molar-refractivity contribution is 7.80. The summed E-state index contributed by atoms with van der Waals surface area (Å²) in [5.41, 5.74) is 2.23. The minimum atomic E-state index is -0.230. The fourth-order valence-corrected chi connectivity index (χ4v) is 2.31. The van der Waals surface area contributed by atoms with Crippen molar-refractivity contribution >= 4 is 28.9 Å². The van der Waals surface area contributed by atoms with Gasteiger partial charge in [0.15, 0.2) is 5.11 Å². The molecule has 0 saturated carbocycles. The molecule has 0 fully saturated rings. The fraction of sp³-hybridized carbons (Fsp3) is 0.263. The van der Waals surface area contributed by atoms with Crippen LogP contribution in [0.4, 0.5) is 5.69 Å². The van der Waals surface area contributed by atoms with Crippen LogP contribution in [0.1, 0.15) is 29.8 Å². The van der Waals surface area contributed by atoms with Crippen LogP contribution in [0.2, 0.25) is 0 Å². The summed E-state index contributed by atoms with van der Waals surface area (Å²) >= 11 is 5.25. The van der Waals surface area contributed by atoms with Gasteiger partial charge in [-0.25, -0.2) is 0 Å². The van der Waals surface area contributed by atoms with E-state index in [0.29, 0.717) is 23.8 Å². The third-order valence-electron chi connectivity index (χ3n) is 3.32. The number of ether oxygens (including phenoxy) is 1. The summed E-state index contributed by atoms with van der Waals surface area (Å²) in [6.45, 7) is 6.67. The number of hydrogen-bond donors (Lipinski definition) is 2. The summed E-state index contributed by atoms with van der Waals surface area (Å²) in [7, 11) is 0. The third-order valence-corrected chi connectivity index (χ3v) is 3.53. The van der Waals surface area contributed by atoms with Crippen LogP contribution in [0, 0.1) is 12.8 Å². The van der Waals surface area contributed by atoms with Crippen LogP contribution in [-0.4, -0.2) is 17.6 Å². The molecule has 4 nitrogen and oxygen atoms in total. The van der Waals surface area contributed by atoms with Gasteiger partial charge >= 0.3 is 0 Å². The number of carbonyl (C=O) groups is 1. The van der Waals surface area contributed by atoms with Crippen LogP contribution < -0.4 is 15.4 Å². The van der Waals surface area contributed by atoms with E-state index in [0.717, 1.165) is 11.3 Å². The minimum Gasteiger partial charge on any atom is -0.491 e. The van der Waals surface area contributed by atoms with Crippen molar-refractivity contribution in [3.8, 4) is 5.75 Å². The van der Waals surface area contributed by atoms with Gasteiger partial charge < -0.3 is 10.1 Å². The highest BCUT2D eigenvalue weighted by atomic mass is 32.1. The Bertz CT molecular complexity index is 729. The molecule has 0 radical (unpaired) electrons. The molecule has 0 aliphatic rings. The van der Waals surface area contributed by atoms with Gasteiger partial charge in [-0.05, 0) is 48.8 Å². The summed E-state index contributed by atoms with van der Waals surface area (Å²) in [4.78, 5) is 12.3. The predicted octanol–water partition coefficient (Wildman–Crippen LogP) is 4.16. The number of para-hydroxylation sites is 2. The number of amides is 1. The van der Waals surface area contributed by atoms with Crippen molar-refractivity contribution in [1.29, 1.82) is 0 Å². The molecule has 0 aliphatic heterocycles. The Hall–Kier alpha value is -2.40. The van der Waals surface area contributed by atoms with E-state index in [4.69, 9.17) is 17.0 Å². The first-order valence-corrected chi connectivity index (χ1v) is 8.28. The SMILES string of the molecule is Cc1ccccc1C(=O)NC(=S)Nc1ccccc1OCC(C)C. The maximum atomic E-state index is 12.3. The maximum absolute atomic E-state index is 12.3. The Morgan fingerprint density at radius 2 is 1.79 bits per heavy atom. The maximum Gasteiger partial charge on any atom is 0.257 e. The fourth-order valence-electron chi connectivity index (χ4n) is 2.10. The van der Waals surface area contributed by atoms with E-state index < -0.39 is 0 Å². The van der Waals surface area contributed by atoms with Crippen molar-refractivity contribution in [2.24, 2.45) is 5.92 Å². The third kappa shape index (κ3) is 5.06. The van der Waals surface area contributed by atoms with Crippen molar-refractivity contribution in [3.63, 3.8) is 0 Å². The molecular weight excluding hydrogens is 320 g/mol. The van der Waals surface area contributed by atoms with E-state index in [1.165, 1.54) is 0 Å². The quantitative estimate of drug-likeness (QED) is 0.801. The van der Waals surface area contributed by atoms with E-state index in [1.807, 2.05) is 49.4 Å². The van der Waals surface area contributed by atoms with Crippen molar-refractivity contribution in [2.75, 3.05) is 11.9 Å². The number of rotatable bonds is 5. The Balaban J connectivity index is 2.02. The normalized spacial score (nSPS) is 10.3. The Morgan fingerprint density at radius 1 is 1.12 bits per heavy atom. The number of thiocarbonyl (C=S) groups is 1. The van der Waals surface area contributed by atoms with Crippen LogP contribution >= 0.6 is 12.2 Å². The van der Waals surface area contributed by atoms with Crippen LogP contribution in [0.15, 0.2) is 48.5 Å². The lowest BCUT2D eigenvalue weighted by atomic mass is 10.1. The van der Waals surface area contributed by atoms with Gasteiger partial charge in [-0.3, -0.25) is 10.1 Å². The number of hydrogen-bond acceptors (Lipinski definition) is 3. The number of benzene rings is 2. The van der Waals surface area contributed by atoms with E-state index in [2.05, 4.69) is 24.5 Å². The largest absolute Gasteiger partial charge is 0.491 e. The topological polar surface area (TPSA) is 50.4 Å². The highest BCUT2D eigenvalue weighted by Gasteiger charge is 2.11. The molecule has 0 aromatic heterocycles. The van der Waals surface area contributed by atoms with Crippen molar-refractivity contribution in [3.05, 3.63) is 59.7 Å². The summed E-state index contributed by atoms with van der Waals surface area (Å²) < 4.78 is 5.77. The summed E-state index contributed by atoms with van der Waals surface area (Å²) in [5, 5.41) is 5.97. The zero-order valence-corrected chi connectivity index (χ0v) is 14.9. The van der Waals surface area contributed by atoms with Crippen molar-refractivity contribution in [2.45, 2.75) is 20.8 Å². The van der Waals surface area contributed by atoms with Gasteiger partial charge in [-0.2, -0.15) is 0 Å². The van der Waals surface area contributed by atoms with Gasteiger partial charge in [0.1, 0.15) is 5.75 Å². The average molecular weight is 342 g/mol. The summed E-state index contributed by atoms with van der Waals surface area (Å²) in [6, 6.07) is 14.9. The molecule has 1 amide bonds. The first-order chi connectivity index (χ1) is 11.5. The highest BCUT2D eigenvalue weighted by Crippen LogP contribution is 2.24. The lowest BCUT2D eigenvalue weighted by Gasteiger charge is -2.15. The molecule has 126 valence electrons. The number of nitrogens with one attached hydrogen (secondary N) is 2. The molecule has 0 spiro atoms. The molecule has 5 heteroatoms. The van der Waals surface area contributed by atoms with Crippen molar-refractivity contribution < 1.29 is 9.53 Å². The molecule has 24 heavy (non-hydrogen) atoms. The summed E-state index contributed by atoms with van der Waals surface area (Å²) in [5.74, 6) is 0.899. The molecule has 2 N–H and O–H groups in total. The van der Waals surface area contributed by atoms with Gasteiger partial charge in [0, 0.05) is 5.56 Å². The molecule has 2 aromatic carbocycles. The lowest BCUT2D eigenvalue weighted by Crippen LogP contribution is -2.34. The van der Waals surface area contributed by atoms with Gasteiger partial charge in [-0.1, -0.05) is 44.2 Å². The zero-order chi connectivity index (χ0) is 17.5. The average Bonchev–Trinajstić information content (AvgIpc) is 2.54. The molecule has 2 aromatic rings. The Kier molecular flexibility index (Phi) is 6.32. The van der Waals surface area contributed by atoms with Crippen LogP contribution in [0.5, 0.6) is 5.75 Å². The van der Waals surface area contributed by atoms with Gasteiger partial charge in [0.25, 0.3) is 5.91 Å². The molecule has 0 atom stereocenters. The second-order valence-electron chi connectivity index (χ2n) is 5.92. The van der Waals surface area contributed by atoms with Crippen LogP contribution in [0.25, 0.3) is 0 Å². The minimum absolute atomic E-state index is 0.230. The molecule has 2 rings (SSSR count). The van der Waals surface area contributed by atoms with E-state index in [-0.39, 0.29) is 11.0 Å². The van der Waals surface area contributed by atoms with E-state index >= 15 is 0 Å². The molecule has 0 aliphatic carbocycles. The standard InChI is InChI=1S/C19H22N2O2S/c1-13(2)12-23-17-11-7-6-10-16(17)20-19(24)21-18(22)15-9-5-4-8-14(15)3/h4-11,13H,12H2,1-3H3,(H2,20,21,22,24). The van der Waals surface area contributed by atoms with Crippen molar-refractivity contribution in [1.82, 2.24) is 5.32 Å². The smallest absolute Gasteiger partial charge is 0.257 e. The second-order valence-corrected chi connectivity index (χ2v) is 6.33. The summed E-state index contributed by atoms with van der Waals surface area (Å²) in [6.07, 6.45) is 0. The molecular formula is C19H22N2O2S. The van der Waals surface area contributed by atoms with Crippen LogP contribution in [0.3, 0.4) is 0 Å². The van der Waals surface area contributed by atoms with Gasteiger partial charge in [-0.15, -0.1) is 0 Å². The first-order valence-electron chi connectivity index (χ1n) is 7.87. The Labute approximate surface area is 148 Å². The predicted molar refractivity (Wildman–Crippen MR) is 102 cm³/mol. The molecule has 0 unspecified atom stereocenters. The first kappa shape index (κ1) is 17.9. The van der Waals surface area contributed by atoms with Gasteiger partial charge in [0.2, 0.25) is 0 Å². The number of anilines is 1. The monoisotopic (exact) mass is 342 g/mol. The van der Waals surface area contributed by atoms with E-state index in [1.54, 1.807) is 6.07 Å². The van der Waals surface area contributed by atoms with Crippen LogP contribution in [-0.2, 0) is 0 Å². The second kappa shape index (κ2) is 8.45. The number of carbonyl (C=O) groups excluding carboxylic acids is 1. The van der Waals surface area contributed by atoms with Gasteiger partial charge in [0.05, 0.1) is 12.3 Å². The molecule has 0 saturated heterocycles. The van der Waals surface area contributed by atoms with E-state index in [9.17, 15) is 4.79 Å². The lowest BCUT2D eigenvalue weighted by molar-refractivity contribution is 0.0977. The molecule has 0 bridgehead atoms. The number of aryl methyl sites for hydroxylation is 1. The Morgan fingerprint density at radius 3 is 2.50 bits per heavy atom. The molecule has 0 heterocycles. The zero-order valence-electron chi connectivity index (χ0n) is 14.1.